The molecule has 15 heavy (non-hydrogen) atoms. The molecule has 0 radical (unpaired) electrons. The van der Waals surface area contributed by atoms with Gasteiger partial charge in [-0.15, -0.1) is 0 Å². The van der Waals surface area contributed by atoms with E-state index < -0.39 is 13.0 Å². The van der Waals surface area contributed by atoms with E-state index in [9.17, 15) is 8.78 Å². The van der Waals surface area contributed by atoms with Gasteiger partial charge < -0.3 is 4.74 Å². The maximum absolute atomic E-state index is 11.7. The Kier molecular flexibility index (Phi) is 12.4. The van der Waals surface area contributed by atoms with Gasteiger partial charge in [-0.3, -0.25) is 0 Å². The van der Waals surface area contributed by atoms with Gasteiger partial charge in [-0.05, 0) is 18.6 Å². The van der Waals surface area contributed by atoms with Crippen LogP contribution in [0.15, 0.2) is 0 Å². The smallest absolute Gasteiger partial charge is 0.261 e. The lowest BCUT2D eigenvalue weighted by molar-refractivity contribution is 0.0162. The minimum Gasteiger partial charge on any atom is -0.376 e. The molecule has 0 fully saturated rings. The summed E-state index contributed by atoms with van der Waals surface area (Å²) in [5.41, 5.74) is 0. The number of hydrogen-bond donors (Lipinski definition) is 1. The fraction of sp³-hybridized carbons (Fsp3) is 1.00. The first kappa shape index (κ1) is 15.2. The van der Waals surface area contributed by atoms with Gasteiger partial charge in [-0.25, -0.2) is 8.78 Å². The van der Waals surface area contributed by atoms with Gasteiger partial charge in [0.1, 0.15) is 6.61 Å². The molecule has 0 saturated heterocycles. The van der Waals surface area contributed by atoms with Crippen LogP contribution in [0.4, 0.5) is 8.78 Å². The van der Waals surface area contributed by atoms with Crippen molar-refractivity contribution in [3.63, 3.8) is 0 Å². The van der Waals surface area contributed by atoms with E-state index in [0.29, 0.717) is 6.61 Å². The molecule has 0 atom stereocenters. The second-order valence-corrected chi connectivity index (χ2v) is 4.11. The van der Waals surface area contributed by atoms with Crippen LogP contribution in [0, 0.1) is 0 Å². The number of halogens is 2. The van der Waals surface area contributed by atoms with Gasteiger partial charge >= 0.3 is 0 Å². The Morgan fingerprint density at radius 1 is 0.867 bits per heavy atom. The minimum atomic E-state index is -2.33. The molecule has 4 heteroatoms. The summed E-state index contributed by atoms with van der Waals surface area (Å²) in [5, 5.41) is 0. The van der Waals surface area contributed by atoms with Crippen molar-refractivity contribution in [2.45, 2.75) is 51.4 Å². The Balaban J connectivity index is 2.87. The van der Waals surface area contributed by atoms with Crippen molar-refractivity contribution < 1.29 is 13.5 Å². The standard InChI is InChI=1S/C11H22F2OS/c12-11(13)10-14-8-6-4-2-1-3-5-7-9-15/h11,15H,1-10H2. The Labute approximate surface area is 97.0 Å². The number of unbranched alkanes of at least 4 members (excludes halogenated alkanes) is 6. The van der Waals surface area contributed by atoms with Crippen LogP contribution >= 0.6 is 12.6 Å². The molecule has 0 aromatic carbocycles. The van der Waals surface area contributed by atoms with E-state index in [-0.39, 0.29) is 0 Å². The lowest BCUT2D eigenvalue weighted by Crippen LogP contribution is -2.05. The van der Waals surface area contributed by atoms with Gasteiger partial charge in [0.05, 0.1) is 0 Å². The van der Waals surface area contributed by atoms with E-state index in [1.165, 1.54) is 32.1 Å². The van der Waals surface area contributed by atoms with Gasteiger partial charge in [-0.1, -0.05) is 32.1 Å². The van der Waals surface area contributed by atoms with Crippen molar-refractivity contribution in [1.29, 1.82) is 0 Å². The molecular formula is C11H22F2OS. The lowest BCUT2D eigenvalue weighted by atomic mass is 10.1. The SMILES string of the molecule is FC(F)COCCCCCCCCCS. The van der Waals surface area contributed by atoms with Crippen LogP contribution < -0.4 is 0 Å². The predicted octanol–water partition coefficient (Wildman–Crippen LogP) is 3.93. The molecule has 1 nitrogen and oxygen atoms in total. The first-order valence-corrected chi connectivity index (χ1v) is 6.37. The summed E-state index contributed by atoms with van der Waals surface area (Å²) in [6, 6.07) is 0. The number of ether oxygens (including phenoxy) is 1. The Bertz CT molecular complexity index is 123. The third-order valence-electron chi connectivity index (χ3n) is 2.19. The molecule has 0 amide bonds. The summed E-state index contributed by atoms with van der Waals surface area (Å²) in [6.07, 6.45) is 5.80. The molecular weight excluding hydrogens is 218 g/mol. The summed E-state index contributed by atoms with van der Waals surface area (Å²) in [6.45, 7) is 0.0585. The second kappa shape index (κ2) is 12.2. The highest BCUT2D eigenvalue weighted by Gasteiger charge is 2.00. The average Bonchev–Trinajstić information content (AvgIpc) is 2.20. The molecule has 0 heterocycles. The zero-order chi connectivity index (χ0) is 11.4. The van der Waals surface area contributed by atoms with Gasteiger partial charge in [-0.2, -0.15) is 12.6 Å². The minimum absolute atomic E-state index is 0.415. The number of thiol groups is 1. The maximum atomic E-state index is 11.7. The van der Waals surface area contributed by atoms with E-state index in [2.05, 4.69) is 12.6 Å². The van der Waals surface area contributed by atoms with E-state index >= 15 is 0 Å². The predicted molar refractivity (Wildman–Crippen MR) is 63.0 cm³/mol. The Hall–Kier alpha value is 0.170. The normalized spacial score (nSPS) is 11.2. The van der Waals surface area contributed by atoms with E-state index in [1.54, 1.807) is 0 Å². The lowest BCUT2D eigenvalue weighted by Gasteiger charge is -2.03. The zero-order valence-corrected chi connectivity index (χ0v) is 10.2. The third-order valence-corrected chi connectivity index (χ3v) is 2.51. The quantitative estimate of drug-likeness (QED) is 0.425. The van der Waals surface area contributed by atoms with Crippen molar-refractivity contribution in [1.82, 2.24) is 0 Å². The van der Waals surface area contributed by atoms with Crippen LogP contribution in [0.1, 0.15) is 44.9 Å². The van der Waals surface area contributed by atoms with E-state index in [0.717, 1.165) is 18.6 Å². The van der Waals surface area contributed by atoms with Crippen LogP contribution in [-0.4, -0.2) is 25.4 Å². The molecule has 0 unspecified atom stereocenters. The molecule has 0 saturated carbocycles. The van der Waals surface area contributed by atoms with Crippen LogP contribution in [0.5, 0.6) is 0 Å². The van der Waals surface area contributed by atoms with Crippen molar-refractivity contribution >= 4 is 12.6 Å². The molecule has 0 aliphatic rings. The molecule has 0 bridgehead atoms. The molecule has 0 rings (SSSR count). The van der Waals surface area contributed by atoms with Gasteiger partial charge in [0.2, 0.25) is 0 Å². The Morgan fingerprint density at radius 3 is 1.93 bits per heavy atom. The summed E-state index contributed by atoms with van der Waals surface area (Å²) in [4.78, 5) is 0. The zero-order valence-electron chi connectivity index (χ0n) is 9.26. The number of rotatable bonds is 11. The van der Waals surface area contributed by atoms with Gasteiger partial charge in [0.25, 0.3) is 6.43 Å². The molecule has 0 spiro atoms. The average molecular weight is 240 g/mol. The highest BCUT2D eigenvalue weighted by molar-refractivity contribution is 7.80. The van der Waals surface area contributed by atoms with Crippen LogP contribution in [-0.2, 0) is 4.74 Å². The maximum Gasteiger partial charge on any atom is 0.261 e. The molecule has 92 valence electrons. The van der Waals surface area contributed by atoms with Crippen molar-refractivity contribution in [3.8, 4) is 0 Å². The van der Waals surface area contributed by atoms with Crippen molar-refractivity contribution in [2.75, 3.05) is 19.0 Å². The van der Waals surface area contributed by atoms with Crippen LogP contribution in [0.25, 0.3) is 0 Å². The van der Waals surface area contributed by atoms with Crippen LogP contribution in [0.2, 0.25) is 0 Å². The summed E-state index contributed by atoms with van der Waals surface area (Å²) >= 11 is 4.14. The van der Waals surface area contributed by atoms with Crippen LogP contribution in [0.3, 0.4) is 0 Å². The molecule has 0 N–H and O–H groups in total. The number of alkyl halides is 2. The summed E-state index contributed by atoms with van der Waals surface area (Å²) < 4.78 is 28.1. The summed E-state index contributed by atoms with van der Waals surface area (Å²) in [7, 11) is 0. The molecule has 0 aliphatic carbocycles. The van der Waals surface area contributed by atoms with Gasteiger partial charge in [0.15, 0.2) is 0 Å². The fourth-order valence-electron chi connectivity index (χ4n) is 1.37. The van der Waals surface area contributed by atoms with E-state index in [4.69, 9.17) is 4.74 Å². The first-order valence-electron chi connectivity index (χ1n) is 5.74. The highest BCUT2D eigenvalue weighted by atomic mass is 32.1. The molecule has 0 aromatic rings. The van der Waals surface area contributed by atoms with Gasteiger partial charge in [0, 0.05) is 6.61 Å². The largest absolute Gasteiger partial charge is 0.376 e. The molecule has 0 aliphatic heterocycles. The molecule has 0 aromatic heterocycles. The monoisotopic (exact) mass is 240 g/mol. The second-order valence-electron chi connectivity index (χ2n) is 3.66. The van der Waals surface area contributed by atoms with Crippen molar-refractivity contribution in [3.05, 3.63) is 0 Å². The first-order chi connectivity index (χ1) is 7.27. The number of hydrogen-bond acceptors (Lipinski definition) is 2. The highest BCUT2D eigenvalue weighted by Crippen LogP contribution is 2.07. The third kappa shape index (κ3) is 14.2. The Morgan fingerprint density at radius 2 is 1.40 bits per heavy atom. The topological polar surface area (TPSA) is 9.23 Å². The summed E-state index contributed by atoms with van der Waals surface area (Å²) in [5.74, 6) is 0.974. The van der Waals surface area contributed by atoms with E-state index in [1.807, 2.05) is 0 Å². The fourth-order valence-corrected chi connectivity index (χ4v) is 1.60. The van der Waals surface area contributed by atoms with Crippen molar-refractivity contribution in [2.24, 2.45) is 0 Å².